The first kappa shape index (κ1) is 14.5. The third kappa shape index (κ3) is 3.46. The molecule has 0 atom stereocenters. The molecule has 0 aromatic heterocycles. The third-order valence-corrected chi connectivity index (χ3v) is 2.96. The van der Waals surface area contributed by atoms with Crippen LogP contribution in [0.5, 0.6) is 5.75 Å². The summed E-state index contributed by atoms with van der Waals surface area (Å²) in [4.78, 5) is 23.9. The van der Waals surface area contributed by atoms with Crippen molar-refractivity contribution in [1.29, 1.82) is 0 Å². The van der Waals surface area contributed by atoms with Gasteiger partial charge in [-0.3, -0.25) is 4.79 Å². The van der Waals surface area contributed by atoms with E-state index in [1.807, 2.05) is 12.1 Å². The molecule has 0 heterocycles. The zero-order valence-corrected chi connectivity index (χ0v) is 12.0. The van der Waals surface area contributed by atoms with Crippen LogP contribution in [-0.2, 0) is 20.9 Å². The smallest absolute Gasteiger partial charge is 0.396 e. The molecule has 0 spiro atoms. The van der Waals surface area contributed by atoms with Gasteiger partial charge in [0.2, 0.25) is 0 Å². The van der Waals surface area contributed by atoms with Crippen molar-refractivity contribution in [3.8, 4) is 5.75 Å². The highest BCUT2D eigenvalue weighted by Crippen LogP contribution is 2.25. The molecule has 0 radical (unpaired) electrons. The van der Waals surface area contributed by atoms with Crippen LogP contribution in [0.3, 0.4) is 0 Å². The SMILES string of the molecule is COC(=O)C(=O)N(C)Cc1ccc(OC)c(Br)c1. The Morgan fingerprint density at radius 2 is 2.00 bits per heavy atom. The van der Waals surface area contributed by atoms with E-state index in [2.05, 4.69) is 20.7 Å². The van der Waals surface area contributed by atoms with Crippen LogP contribution in [0.1, 0.15) is 5.56 Å². The Bertz CT molecular complexity index is 461. The lowest BCUT2D eigenvalue weighted by atomic mass is 10.2. The molecule has 1 aromatic rings. The van der Waals surface area contributed by atoms with Crippen LogP contribution in [0.25, 0.3) is 0 Å². The number of carbonyl (C=O) groups is 2. The highest BCUT2D eigenvalue weighted by molar-refractivity contribution is 9.10. The number of hydrogen-bond donors (Lipinski definition) is 0. The molecule has 0 aliphatic carbocycles. The summed E-state index contributed by atoms with van der Waals surface area (Å²) in [6.07, 6.45) is 0. The second-order valence-corrected chi connectivity index (χ2v) is 4.48. The van der Waals surface area contributed by atoms with Crippen molar-refractivity contribution in [1.82, 2.24) is 4.90 Å². The van der Waals surface area contributed by atoms with Gasteiger partial charge >= 0.3 is 11.9 Å². The standard InChI is InChI=1S/C12H14BrNO4/c1-14(11(15)12(16)18-3)7-8-4-5-10(17-2)9(13)6-8/h4-6H,7H2,1-3H3. The highest BCUT2D eigenvalue weighted by atomic mass is 79.9. The van der Waals surface area contributed by atoms with Crippen LogP contribution >= 0.6 is 15.9 Å². The zero-order chi connectivity index (χ0) is 13.7. The fourth-order valence-corrected chi connectivity index (χ4v) is 1.99. The maximum absolute atomic E-state index is 11.5. The van der Waals surface area contributed by atoms with E-state index in [4.69, 9.17) is 4.74 Å². The molecule has 0 fully saturated rings. The average Bonchev–Trinajstić information content (AvgIpc) is 2.37. The van der Waals surface area contributed by atoms with Gasteiger partial charge in [0.15, 0.2) is 0 Å². The maximum Gasteiger partial charge on any atom is 0.396 e. The van der Waals surface area contributed by atoms with E-state index in [1.54, 1.807) is 13.2 Å². The molecule has 0 N–H and O–H groups in total. The number of nitrogens with zero attached hydrogens (tertiary/aromatic N) is 1. The Morgan fingerprint density at radius 1 is 1.33 bits per heavy atom. The molecule has 0 bridgehead atoms. The van der Waals surface area contributed by atoms with E-state index in [0.29, 0.717) is 12.3 Å². The minimum Gasteiger partial charge on any atom is -0.496 e. The average molecular weight is 316 g/mol. The van der Waals surface area contributed by atoms with Crippen LogP contribution < -0.4 is 4.74 Å². The van der Waals surface area contributed by atoms with Crippen molar-refractivity contribution < 1.29 is 19.1 Å². The number of amides is 1. The summed E-state index contributed by atoms with van der Waals surface area (Å²) >= 11 is 3.36. The van der Waals surface area contributed by atoms with Gasteiger partial charge in [0, 0.05) is 13.6 Å². The van der Waals surface area contributed by atoms with Crippen LogP contribution in [0.15, 0.2) is 22.7 Å². The summed E-state index contributed by atoms with van der Waals surface area (Å²) in [7, 11) is 4.29. The highest BCUT2D eigenvalue weighted by Gasteiger charge is 2.19. The molecule has 1 aromatic carbocycles. The maximum atomic E-state index is 11.5. The molecule has 0 saturated heterocycles. The van der Waals surface area contributed by atoms with Crippen molar-refractivity contribution in [2.24, 2.45) is 0 Å². The number of likely N-dealkylation sites (N-methyl/N-ethyl adjacent to an activating group) is 1. The number of carbonyl (C=O) groups excluding carboxylic acids is 2. The summed E-state index contributed by atoms with van der Waals surface area (Å²) in [5, 5.41) is 0. The van der Waals surface area contributed by atoms with E-state index >= 15 is 0 Å². The molecular weight excluding hydrogens is 302 g/mol. The van der Waals surface area contributed by atoms with Crippen LogP contribution in [-0.4, -0.2) is 38.0 Å². The number of methoxy groups -OCH3 is 2. The van der Waals surface area contributed by atoms with E-state index in [1.165, 1.54) is 19.1 Å². The largest absolute Gasteiger partial charge is 0.496 e. The topological polar surface area (TPSA) is 55.8 Å². The predicted molar refractivity (Wildman–Crippen MR) is 69.2 cm³/mol. The van der Waals surface area contributed by atoms with Gasteiger partial charge in [-0.25, -0.2) is 4.79 Å². The van der Waals surface area contributed by atoms with Crippen LogP contribution in [0, 0.1) is 0 Å². The summed E-state index contributed by atoms with van der Waals surface area (Å²) in [6.45, 7) is 0.316. The van der Waals surface area contributed by atoms with Gasteiger partial charge in [0.05, 0.1) is 18.7 Å². The third-order valence-electron chi connectivity index (χ3n) is 2.34. The zero-order valence-electron chi connectivity index (χ0n) is 10.4. The van der Waals surface area contributed by atoms with Crippen LogP contribution in [0.4, 0.5) is 0 Å². The lowest BCUT2D eigenvalue weighted by Gasteiger charge is -2.16. The van der Waals surface area contributed by atoms with Gasteiger partial charge in [0.25, 0.3) is 0 Å². The predicted octanol–water partition coefficient (Wildman–Crippen LogP) is 1.59. The first-order valence-corrected chi connectivity index (χ1v) is 5.94. The van der Waals surface area contributed by atoms with Crippen molar-refractivity contribution >= 4 is 27.8 Å². The van der Waals surface area contributed by atoms with Crippen molar-refractivity contribution in [2.45, 2.75) is 6.54 Å². The summed E-state index contributed by atoms with van der Waals surface area (Å²) in [5.74, 6) is -0.838. The second-order valence-electron chi connectivity index (χ2n) is 3.62. The molecule has 5 nitrogen and oxygen atoms in total. The van der Waals surface area contributed by atoms with E-state index in [-0.39, 0.29) is 0 Å². The molecule has 0 aliphatic rings. The minimum atomic E-state index is -0.870. The number of esters is 1. The molecule has 0 aliphatic heterocycles. The Labute approximate surface area is 114 Å². The fraction of sp³-hybridized carbons (Fsp3) is 0.333. The molecule has 1 rings (SSSR count). The van der Waals surface area contributed by atoms with E-state index in [0.717, 1.165) is 10.0 Å². The lowest BCUT2D eigenvalue weighted by Crippen LogP contribution is -2.33. The quantitative estimate of drug-likeness (QED) is 0.628. The summed E-state index contributed by atoms with van der Waals surface area (Å²) < 4.78 is 10.3. The van der Waals surface area contributed by atoms with Crippen molar-refractivity contribution in [2.75, 3.05) is 21.3 Å². The van der Waals surface area contributed by atoms with Gasteiger partial charge in [0.1, 0.15) is 5.75 Å². The molecule has 0 unspecified atom stereocenters. The fourth-order valence-electron chi connectivity index (χ4n) is 1.40. The lowest BCUT2D eigenvalue weighted by molar-refractivity contribution is -0.157. The Hall–Kier alpha value is -1.56. The van der Waals surface area contributed by atoms with Gasteiger partial charge in [-0.05, 0) is 33.6 Å². The monoisotopic (exact) mass is 315 g/mol. The summed E-state index contributed by atoms with van der Waals surface area (Å²) in [6, 6.07) is 5.44. The Kier molecular flexibility index (Phi) is 5.15. The Morgan fingerprint density at radius 3 is 2.50 bits per heavy atom. The first-order valence-electron chi connectivity index (χ1n) is 5.15. The first-order chi connectivity index (χ1) is 8.49. The van der Waals surface area contributed by atoms with Gasteiger partial charge in [-0.1, -0.05) is 6.07 Å². The second kappa shape index (κ2) is 6.39. The van der Waals surface area contributed by atoms with Crippen molar-refractivity contribution in [3.63, 3.8) is 0 Å². The number of halogens is 1. The number of benzene rings is 1. The number of rotatable bonds is 3. The molecule has 1 amide bonds. The van der Waals surface area contributed by atoms with Crippen LogP contribution in [0.2, 0.25) is 0 Å². The molecule has 98 valence electrons. The number of hydrogen-bond acceptors (Lipinski definition) is 4. The summed E-state index contributed by atoms with van der Waals surface area (Å²) in [5.41, 5.74) is 0.877. The van der Waals surface area contributed by atoms with E-state index in [9.17, 15) is 9.59 Å². The van der Waals surface area contributed by atoms with Gasteiger partial charge < -0.3 is 14.4 Å². The van der Waals surface area contributed by atoms with Gasteiger partial charge in [-0.15, -0.1) is 0 Å². The molecular formula is C12H14BrNO4. The van der Waals surface area contributed by atoms with E-state index < -0.39 is 11.9 Å². The Balaban J connectivity index is 2.76. The number of ether oxygens (including phenoxy) is 2. The van der Waals surface area contributed by atoms with Gasteiger partial charge in [-0.2, -0.15) is 0 Å². The molecule has 18 heavy (non-hydrogen) atoms. The molecule has 6 heteroatoms. The molecule has 0 saturated carbocycles. The minimum absolute atomic E-state index is 0.316. The van der Waals surface area contributed by atoms with Crippen molar-refractivity contribution in [3.05, 3.63) is 28.2 Å². The normalized spacial score (nSPS) is 9.78.